The predicted molar refractivity (Wildman–Crippen MR) is 126 cm³/mol. The smallest absolute Gasteiger partial charge is 0.255 e. The summed E-state index contributed by atoms with van der Waals surface area (Å²) in [5.74, 6) is -0.589. The first kappa shape index (κ1) is 23.1. The Bertz CT molecular complexity index is 1230. The maximum Gasteiger partial charge on any atom is 0.255 e. The summed E-state index contributed by atoms with van der Waals surface area (Å²) in [6.07, 6.45) is 4.40. The van der Waals surface area contributed by atoms with Crippen LogP contribution in [0.2, 0.25) is 0 Å². The summed E-state index contributed by atoms with van der Waals surface area (Å²) >= 11 is 0. The zero-order valence-electron chi connectivity index (χ0n) is 19.2. The lowest BCUT2D eigenvalue weighted by Crippen LogP contribution is -2.35. The van der Waals surface area contributed by atoms with E-state index in [0.717, 1.165) is 6.42 Å². The molecule has 0 aliphatic carbocycles. The van der Waals surface area contributed by atoms with E-state index in [1.807, 2.05) is 0 Å². The van der Waals surface area contributed by atoms with E-state index in [1.54, 1.807) is 30.6 Å². The maximum absolute atomic E-state index is 14.4. The van der Waals surface area contributed by atoms with Gasteiger partial charge >= 0.3 is 0 Å². The number of benzene rings is 1. The third-order valence-electron chi connectivity index (χ3n) is 6.33. The number of halogens is 2. The molecule has 4 heterocycles. The minimum absolute atomic E-state index is 0.0123. The molecule has 2 aliphatic heterocycles. The zero-order chi connectivity index (χ0) is 24.4. The summed E-state index contributed by atoms with van der Waals surface area (Å²) in [6.45, 7) is 0.868. The molecule has 2 aliphatic rings. The average molecular weight is 485 g/mol. The molecular weight excluding hydrogens is 458 g/mol. The largest absolute Gasteiger partial charge is 0.492 e. The highest BCUT2D eigenvalue weighted by Gasteiger charge is 2.34. The molecule has 184 valence electrons. The Morgan fingerprint density at radius 1 is 1.31 bits per heavy atom. The van der Waals surface area contributed by atoms with Crippen molar-refractivity contribution in [3.8, 4) is 22.8 Å². The summed E-state index contributed by atoms with van der Waals surface area (Å²) in [4.78, 5) is 20.6. The molecule has 1 amide bonds. The quantitative estimate of drug-likeness (QED) is 0.419. The van der Waals surface area contributed by atoms with Crippen LogP contribution in [0.25, 0.3) is 11.3 Å². The van der Waals surface area contributed by atoms with E-state index in [4.69, 9.17) is 14.2 Å². The number of hydrogen-bond donors (Lipinski definition) is 3. The van der Waals surface area contributed by atoms with Crippen LogP contribution < -0.4 is 20.1 Å². The second kappa shape index (κ2) is 9.91. The Morgan fingerprint density at radius 3 is 2.91 bits per heavy atom. The topological polar surface area (TPSA) is 97.5 Å². The number of alkyl halides is 1. The molecular formula is C25H26F2N4O4. The van der Waals surface area contributed by atoms with E-state index in [9.17, 15) is 13.6 Å². The Morgan fingerprint density at radius 2 is 2.17 bits per heavy atom. The molecule has 1 fully saturated rings. The van der Waals surface area contributed by atoms with Gasteiger partial charge in [0, 0.05) is 42.9 Å². The molecule has 10 heteroatoms. The minimum Gasteiger partial charge on any atom is -0.492 e. The molecule has 5 rings (SSSR count). The monoisotopic (exact) mass is 484 g/mol. The van der Waals surface area contributed by atoms with Crippen molar-refractivity contribution >= 4 is 17.3 Å². The molecule has 3 N–H and O–H groups in total. The number of hydrogen-bond acceptors (Lipinski definition) is 6. The summed E-state index contributed by atoms with van der Waals surface area (Å²) in [7, 11) is 1.37. The van der Waals surface area contributed by atoms with Gasteiger partial charge < -0.3 is 29.8 Å². The van der Waals surface area contributed by atoms with Crippen molar-refractivity contribution in [2.75, 3.05) is 38.9 Å². The first-order valence-electron chi connectivity index (χ1n) is 11.5. The predicted octanol–water partition coefficient (Wildman–Crippen LogP) is 4.32. The fourth-order valence-electron chi connectivity index (χ4n) is 4.42. The molecule has 2 atom stereocenters. The molecule has 35 heavy (non-hydrogen) atoms. The van der Waals surface area contributed by atoms with Crippen LogP contribution in [-0.4, -0.2) is 55.5 Å². The number of pyridine rings is 1. The number of ether oxygens (including phenoxy) is 3. The third-order valence-corrected chi connectivity index (χ3v) is 6.33. The second-order valence-corrected chi connectivity index (χ2v) is 8.46. The minimum atomic E-state index is -0.545. The number of nitrogens with zero attached hydrogens (tertiary/aromatic N) is 1. The number of methoxy groups -OCH3 is 1. The van der Waals surface area contributed by atoms with Gasteiger partial charge in [-0.25, -0.2) is 4.39 Å². The fraction of sp³-hybridized carbons (Fsp3) is 0.360. The Kier molecular flexibility index (Phi) is 6.54. The van der Waals surface area contributed by atoms with Crippen LogP contribution in [0.4, 0.5) is 20.2 Å². The van der Waals surface area contributed by atoms with Crippen molar-refractivity contribution in [3.63, 3.8) is 0 Å². The maximum atomic E-state index is 14.4. The standard InChI is InChI=1S/C25H26F2N4O4/c1-33-24-17(27)3-2-4-18(24)30-23-20-21(14(5-8-26)11-29-25(20)32)31-22(23)16-6-9-28-12-19(16)35-13-15-7-10-34-15/h2-4,6,9,12,14-15,30-31H,5,7-8,10-11,13H2,1H3,(H,29,32)/t14-,15+/m0/s1. The molecule has 0 spiro atoms. The van der Waals surface area contributed by atoms with Crippen LogP contribution in [0.3, 0.4) is 0 Å². The molecule has 3 aromatic rings. The molecule has 1 saturated heterocycles. The highest BCUT2D eigenvalue weighted by atomic mass is 19.1. The number of carbonyl (C=O) groups excluding carboxylic acids is 1. The first-order valence-corrected chi connectivity index (χ1v) is 11.5. The summed E-state index contributed by atoms with van der Waals surface area (Å²) < 4.78 is 44.5. The second-order valence-electron chi connectivity index (χ2n) is 8.46. The van der Waals surface area contributed by atoms with Gasteiger partial charge in [-0.2, -0.15) is 0 Å². The lowest BCUT2D eigenvalue weighted by Gasteiger charge is -2.26. The number of carbonyl (C=O) groups is 1. The Hall–Kier alpha value is -3.66. The van der Waals surface area contributed by atoms with Crippen LogP contribution in [-0.2, 0) is 4.74 Å². The highest BCUT2D eigenvalue weighted by Crippen LogP contribution is 2.44. The van der Waals surface area contributed by atoms with Crippen molar-refractivity contribution in [1.82, 2.24) is 15.3 Å². The van der Waals surface area contributed by atoms with Crippen LogP contribution in [0.1, 0.15) is 34.8 Å². The van der Waals surface area contributed by atoms with E-state index >= 15 is 0 Å². The van der Waals surface area contributed by atoms with Gasteiger partial charge in [0.2, 0.25) is 0 Å². The third kappa shape index (κ3) is 4.41. The van der Waals surface area contributed by atoms with E-state index in [-0.39, 0.29) is 30.1 Å². The summed E-state index contributed by atoms with van der Waals surface area (Å²) in [6, 6.07) is 6.26. The number of nitrogens with one attached hydrogen (secondary N) is 3. The lowest BCUT2D eigenvalue weighted by molar-refractivity contribution is -0.0720. The van der Waals surface area contributed by atoms with E-state index in [1.165, 1.54) is 13.2 Å². The van der Waals surface area contributed by atoms with Gasteiger partial charge in [-0.3, -0.25) is 14.2 Å². The van der Waals surface area contributed by atoms with E-state index in [0.29, 0.717) is 59.4 Å². The lowest BCUT2D eigenvalue weighted by atomic mass is 9.94. The number of rotatable bonds is 9. The van der Waals surface area contributed by atoms with Crippen molar-refractivity contribution in [2.45, 2.75) is 24.9 Å². The number of aromatic nitrogens is 2. The van der Waals surface area contributed by atoms with Crippen LogP contribution in [0.15, 0.2) is 36.7 Å². The van der Waals surface area contributed by atoms with Gasteiger partial charge in [-0.05, 0) is 24.6 Å². The number of amides is 1. The van der Waals surface area contributed by atoms with Gasteiger partial charge in [0.05, 0.1) is 48.7 Å². The Labute approximate surface area is 201 Å². The first-order chi connectivity index (χ1) is 17.1. The van der Waals surface area contributed by atoms with Crippen molar-refractivity contribution in [3.05, 3.63) is 53.7 Å². The van der Waals surface area contributed by atoms with Gasteiger partial charge in [0.15, 0.2) is 11.6 Å². The number of fused-ring (bicyclic) bond motifs is 1. The summed E-state index contributed by atoms with van der Waals surface area (Å²) in [5, 5.41) is 6.04. The van der Waals surface area contributed by atoms with Crippen LogP contribution in [0.5, 0.6) is 11.5 Å². The van der Waals surface area contributed by atoms with Gasteiger partial charge in [0.1, 0.15) is 12.4 Å². The van der Waals surface area contributed by atoms with E-state index < -0.39 is 12.5 Å². The van der Waals surface area contributed by atoms with Crippen molar-refractivity contribution in [1.29, 1.82) is 0 Å². The molecule has 1 aromatic carbocycles. The van der Waals surface area contributed by atoms with E-state index in [2.05, 4.69) is 20.6 Å². The molecule has 0 saturated carbocycles. The fourth-order valence-corrected chi connectivity index (χ4v) is 4.42. The number of anilines is 2. The average Bonchev–Trinajstić information content (AvgIpc) is 3.20. The van der Waals surface area contributed by atoms with Crippen molar-refractivity contribution in [2.24, 2.45) is 0 Å². The van der Waals surface area contributed by atoms with Gasteiger partial charge in [-0.15, -0.1) is 0 Å². The zero-order valence-corrected chi connectivity index (χ0v) is 19.2. The molecule has 8 nitrogen and oxygen atoms in total. The molecule has 0 bridgehead atoms. The highest BCUT2D eigenvalue weighted by molar-refractivity contribution is 6.07. The van der Waals surface area contributed by atoms with Crippen molar-refractivity contribution < 1.29 is 27.8 Å². The number of H-pyrrole nitrogens is 1. The van der Waals surface area contributed by atoms with Gasteiger partial charge in [-0.1, -0.05) is 6.07 Å². The van der Waals surface area contributed by atoms with Crippen LogP contribution >= 0.6 is 0 Å². The Balaban J connectivity index is 1.63. The summed E-state index contributed by atoms with van der Waals surface area (Å²) in [5.41, 5.74) is 2.93. The molecule has 0 unspecified atom stereocenters. The van der Waals surface area contributed by atoms with Crippen LogP contribution in [0, 0.1) is 5.82 Å². The number of para-hydroxylation sites is 1. The van der Waals surface area contributed by atoms with Gasteiger partial charge in [0.25, 0.3) is 5.91 Å². The number of aromatic amines is 1. The molecule has 0 radical (unpaired) electrons. The normalized spacial score (nSPS) is 18.9. The SMILES string of the molecule is COc1c(F)cccc1Nc1c(-c2ccncc2OC[C@H]2CCO2)[nH]c2c1C(=O)NC[C@@H]2CCF. The molecule has 2 aromatic heterocycles.